The fraction of sp³-hybridized carbons (Fsp3) is 0.300. The summed E-state index contributed by atoms with van der Waals surface area (Å²) in [5.74, 6) is -1.63. The molecule has 0 radical (unpaired) electrons. The normalized spacial score (nSPS) is 10.9. The van der Waals surface area contributed by atoms with Gasteiger partial charge in [0.15, 0.2) is 12.3 Å². The third kappa shape index (κ3) is 3.53. The van der Waals surface area contributed by atoms with E-state index in [2.05, 4.69) is 9.97 Å². The molecule has 0 unspecified atom stereocenters. The number of aromatic amines is 1. The van der Waals surface area contributed by atoms with Crippen LogP contribution in [0.1, 0.15) is 55.2 Å². The number of nitrogens with one attached hydrogen (secondary N) is 1. The molecule has 0 aliphatic rings. The van der Waals surface area contributed by atoms with E-state index in [0.717, 1.165) is 5.69 Å². The van der Waals surface area contributed by atoms with Crippen LogP contribution in [0.5, 0.6) is 0 Å². The second kappa shape index (κ2) is 7.67. The Hall–Kier alpha value is -3.42. The van der Waals surface area contributed by atoms with E-state index in [9.17, 15) is 14.4 Å². The minimum Gasteiger partial charge on any atom is -0.462 e. The smallest absolute Gasteiger partial charge is 0.359 e. The topological polar surface area (TPSA) is 103 Å². The number of aromatic nitrogens is 3. The molecule has 146 valence electrons. The summed E-state index contributed by atoms with van der Waals surface area (Å²) in [6.45, 7) is 6.71. The molecule has 0 aliphatic heterocycles. The summed E-state index contributed by atoms with van der Waals surface area (Å²) in [6.07, 6.45) is 1.57. The van der Waals surface area contributed by atoms with Gasteiger partial charge in [-0.15, -0.1) is 0 Å². The van der Waals surface area contributed by atoms with Gasteiger partial charge in [-0.2, -0.15) is 0 Å². The van der Waals surface area contributed by atoms with Crippen molar-refractivity contribution < 1.29 is 23.9 Å². The highest BCUT2D eigenvalue weighted by Crippen LogP contribution is 2.20. The lowest BCUT2D eigenvalue weighted by atomic mass is 10.1. The van der Waals surface area contributed by atoms with Crippen LogP contribution in [0.2, 0.25) is 0 Å². The van der Waals surface area contributed by atoms with Crippen LogP contribution in [0.25, 0.3) is 5.65 Å². The van der Waals surface area contributed by atoms with Crippen LogP contribution in [0.15, 0.2) is 24.4 Å². The van der Waals surface area contributed by atoms with E-state index in [1.165, 1.54) is 0 Å². The van der Waals surface area contributed by atoms with Crippen molar-refractivity contribution in [2.45, 2.75) is 27.7 Å². The lowest BCUT2D eigenvalue weighted by Gasteiger charge is -2.03. The Bertz CT molecular complexity index is 1080. The van der Waals surface area contributed by atoms with Gasteiger partial charge in [0.2, 0.25) is 5.78 Å². The van der Waals surface area contributed by atoms with Crippen molar-refractivity contribution in [3.63, 3.8) is 0 Å². The van der Waals surface area contributed by atoms with E-state index in [-0.39, 0.29) is 18.0 Å². The zero-order chi connectivity index (χ0) is 20.4. The first kappa shape index (κ1) is 19.3. The molecule has 8 nitrogen and oxygen atoms in total. The van der Waals surface area contributed by atoms with Crippen molar-refractivity contribution in [3.05, 3.63) is 58.3 Å². The molecule has 0 atom stereocenters. The van der Waals surface area contributed by atoms with Crippen molar-refractivity contribution in [2.24, 2.45) is 0 Å². The molecular weight excluding hydrogens is 362 g/mol. The number of hydrogen-bond acceptors (Lipinski definition) is 6. The molecule has 0 fully saturated rings. The van der Waals surface area contributed by atoms with E-state index in [1.807, 2.05) is 19.1 Å². The molecule has 8 heteroatoms. The first-order valence-corrected chi connectivity index (χ1v) is 8.84. The predicted octanol–water partition coefficient (Wildman–Crippen LogP) is 2.80. The largest absolute Gasteiger partial charge is 0.462 e. The standard InChI is InChI=1S/C20H21N3O5/c1-5-27-20(26)17-12(3)18(21-13(17)4)15(24)10-28-19(25)14-9-23-11(2)7-6-8-16(23)22-14/h6-9,21H,5,10H2,1-4H3. The molecule has 0 saturated carbocycles. The average Bonchev–Trinajstić information content (AvgIpc) is 3.21. The van der Waals surface area contributed by atoms with Gasteiger partial charge in [0.1, 0.15) is 5.65 Å². The van der Waals surface area contributed by atoms with Gasteiger partial charge in [0.25, 0.3) is 0 Å². The Morgan fingerprint density at radius 2 is 1.86 bits per heavy atom. The first-order valence-electron chi connectivity index (χ1n) is 8.84. The number of imidazole rings is 1. The van der Waals surface area contributed by atoms with Gasteiger partial charge in [0, 0.05) is 17.6 Å². The molecule has 0 bridgehead atoms. The zero-order valence-electron chi connectivity index (χ0n) is 16.2. The number of ketones is 1. The van der Waals surface area contributed by atoms with Gasteiger partial charge in [-0.05, 0) is 45.4 Å². The highest BCUT2D eigenvalue weighted by molar-refractivity contribution is 6.03. The summed E-state index contributed by atoms with van der Waals surface area (Å²) in [4.78, 5) is 43.9. The van der Waals surface area contributed by atoms with Gasteiger partial charge in [-0.3, -0.25) is 4.79 Å². The molecule has 0 saturated heterocycles. The Labute approximate surface area is 161 Å². The number of rotatable bonds is 6. The predicted molar refractivity (Wildman–Crippen MR) is 101 cm³/mol. The Balaban J connectivity index is 1.73. The molecule has 0 spiro atoms. The quantitative estimate of drug-likeness (QED) is 0.519. The molecule has 1 N–H and O–H groups in total. The minimum absolute atomic E-state index is 0.119. The van der Waals surface area contributed by atoms with Crippen molar-refractivity contribution in [2.75, 3.05) is 13.2 Å². The molecule has 3 aromatic rings. The maximum Gasteiger partial charge on any atom is 0.359 e. The monoisotopic (exact) mass is 383 g/mol. The van der Waals surface area contributed by atoms with Crippen molar-refractivity contribution >= 4 is 23.4 Å². The van der Waals surface area contributed by atoms with E-state index >= 15 is 0 Å². The number of Topliss-reactive ketones (excluding diaryl/α,β-unsaturated/α-hetero) is 1. The molecule has 3 heterocycles. The van der Waals surface area contributed by atoms with Crippen molar-refractivity contribution in [1.82, 2.24) is 14.4 Å². The average molecular weight is 383 g/mol. The number of aryl methyl sites for hydroxylation is 2. The van der Waals surface area contributed by atoms with Crippen LogP contribution in [0, 0.1) is 20.8 Å². The van der Waals surface area contributed by atoms with Gasteiger partial charge >= 0.3 is 11.9 Å². The highest BCUT2D eigenvalue weighted by Gasteiger charge is 2.24. The minimum atomic E-state index is -0.692. The van der Waals surface area contributed by atoms with Gasteiger partial charge in [0.05, 0.1) is 17.9 Å². The third-order valence-corrected chi connectivity index (χ3v) is 4.44. The van der Waals surface area contributed by atoms with Crippen LogP contribution in [0.3, 0.4) is 0 Å². The maximum absolute atomic E-state index is 12.5. The molecule has 0 aliphatic carbocycles. The van der Waals surface area contributed by atoms with Crippen LogP contribution in [0.4, 0.5) is 0 Å². The molecule has 28 heavy (non-hydrogen) atoms. The SMILES string of the molecule is CCOC(=O)c1c(C)[nH]c(C(=O)COC(=O)c2cn3c(C)cccc3n2)c1C. The zero-order valence-corrected chi connectivity index (χ0v) is 16.2. The van der Waals surface area contributed by atoms with Crippen molar-refractivity contribution in [3.8, 4) is 0 Å². The fourth-order valence-corrected chi connectivity index (χ4v) is 3.06. The number of carbonyl (C=O) groups is 3. The highest BCUT2D eigenvalue weighted by atomic mass is 16.5. The van der Waals surface area contributed by atoms with Crippen LogP contribution in [-0.2, 0) is 9.47 Å². The van der Waals surface area contributed by atoms with Gasteiger partial charge in [-0.1, -0.05) is 6.07 Å². The Morgan fingerprint density at radius 3 is 2.54 bits per heavy atom. The summed E-state index contributed by atoms with van der Waals surface area (Å²) >= 11 is 0. The summed E-state index contributed by atoms with van der Waals surface area (Å²) < 4.78 is 11.9. The number of ether oxygens (including phenoxy) is 2. The Kier molecular flexibility index (Phi) is 5.30. The first-order chi connectivity index (χ1) is 13.3. The van der Waals surface area contributed by atoms with Crippen molar-refractivity contribution in [1.29, 1.82) is 0 Å². The molecular formula is C20H21N3O5. The lowest BCUT2D eigenvalue weighted by Crippen LogP contribution is -2.16. The van der Waals surface area contributed by atoms with E-state index in [1.54, 1.807) is 37.4 Å². The van der Waals surface area contributed by atoms with E-state index < -0.39 is 24.3 Å². The molecule has 3 aromatic heterocycles. The van der Waals surface area contributed by atoms with E-state index in [0.29, 0.717) is 22.5 Å². The summed E-state index contributed by atoms with van der Waals surface area (Å²) in [5.41, 5.74) is 3.21. The molecule has 0 amide bonds. The maximum atomic E-state index is 12.5. The number of nitrogens with zero attached hydrogens (tertiary/aromatic N) is 2. The number of H-pyrrole nitrogens is 1. The van der Waals surface area contributed by atoms with Crippen LogP contribution >= 0.6 is 0 Å². The number of carbonyl (C=O) groups excluding carboxylic acids is 3. The van der Waals surface area contributed by atoms with Crippen LogP contribution < -0.4 is 0 Å². The lowest BCUT2D eigenvalue weighted by molar-refractivity contribution is 0.0467. The molecule has 3 rings (SSSR count). The summed E-state index contributed by atoms with van der Waals surface area (Å²) in [6, 6.07) is 5.51. The number of esters is 2. The number of hydrogen-bond donors (Lipinski definition) is 1. The summed E-state index contributed by atoms with van der Waals surface area (Å²) in [5, 5.41) is 0. The Morgan fingerprint density at radius 1 is 1.11 bits per heavy atom. The summed E-state index contributed by atoms with van der Waals surface area (Å²) in [7, 11) is 0. The number of pyridine rings is 1. The van der Waals surface area contributed by atoms with Gasteiger partial charge in [-0.25, -0.2) is 14.6 Å². The fourth-order valence-electron chi connectivity index (χ4n) is 3.06. The third-order valence-electron chi connectivity index (χ3n) is 4.44. The van der Waals surface area contributed by atoms with Crippen LogP contribution in [-0.4, -0.2) is 45.3 Å². The second-order valence-corrected chi connectivity index (χ2v) is 6.37. The van der Waals surface area contributed by atoms with E-state index in [4.69, 9.17) is 9.47 Å². The second-order valence-electron chi connectivity index (χ2n) is 6.37. The number of fused-ring (bicyclic) bond motifs is 1. The van der Waals surface area contributed by atoms with Gasteiger partial charge < -0.3 is 18.9 Å². The molecule has 0 aromatic carbocycles.